The maximum atomic E-state index is 12.0. The summed E-state index contributed by atoms with van der Waals surface area (Å²) in [5.41, 5.74) is 2.83. The average Bonchev–Trinajstić information content (AvgIpc) is 2.71. The van der Waals surface area contributed by atoms with Crippen LogP contribution in [0.3, 0.4) is 0 Å². The zero-order valence-electron chi connectivity index (χ0n) is 11.8. The van der Waals surface area contributed by atoms with Crippen LogP contribution in [0.4, 0.5) is 0 Å². The molecule has 1 aromatic carbocycles. The molecule has 2 rings (SSSR count). The van der Waals surface area contributed by atoms with Gasteiger partial charge in [-0.2, -0.15) is 0 Å². The molecule has 1 atom stereocenters. The third-order valence-corrected chi connectivity index (χ3v) is 3.09. The smallest absolute Gasteiger partial charge is 0.327 e. The monoisotopic (exact) mass is 261 g/mol. The van der Waals surface area contributed by atoms with E-state index in [1.54, 1.807) is 6.33 Å². The Morgan fingerprint density at radius 2 is 2.21 bits per heavy atom. The average molecular weight is 261 g/mol. The first kappa shape index (κ1) is 13.5. The van der Waals surface area contributed by atoms with Crippen LogP contribution in [0.1, 0.15) is 18.5 Å². The Bertz CT molecular complexity index is 589. The summed E-state index contributed by atoms with van der Waals surface area (Å²) >= 11 is 0. The quantitative estimate of drug-likeness (QED) is 0.787. The zero-order chi connectivity index (χ0) is 14.0. The molecular weight excluding hydrogens is 242 g/mol. The van der Waals surface area contributed by atoms with Crippen molar-refractivity contribution in [2.75, 3.05) is 20.7 Å². The van der Waals surface area contributed by atoms with Gasteiger partial charge in [-0.05, 0) is 38.7 Å². The first-order valence-corrected chi connectivity index (χ1v) is 6.28. The fourth-order valence-electron chi connectivity index (χ4n) is 2.19. The summed E-state index contributed by atoms with van der Waals surface area (Å²) in [4.78, 5) is 18.2. The number of esters is 1. The highest BCUT2D eigenvalue weighted by molar-refractivity contribution is 5.81. The minimum absolute atomic E-state index is 0.234. The number of benzene rings is 1. The largest absolute Gasteiger partial charge is 0.465 e. The number of fused-ring (bicyclic) bond motifs is 1. The van der Waals surface area contributed by atoms with E-state index < -0.39 is 6.04 Å². The van der Waals surface area contributed by atoms with Gasteiger partial charge in [0, 0.05) is 7.05 Å². The molecule has 0 radical (unpaired) electrons. The van der Waals surface area contributed by atoms with Gasteiger partial charge in [0.05, 0.1) is 24.0 Å². The topological polar surface area (TPSA) is 47.4 Å². The van der Waals surface area contributed by atoms with Gasteiger partial charge in [0.15, 0.2) is 0 Å². The van der Waals surface area contributed by atoms with Crippen LogP contribution in [0.15, 0.2) is 24.5 Å². The number of nitrogens with zero attached hydrogens (tertiary/aromatic N) is 3. The summed E-state index contributed by atoms with van der Waals surface area (Å²) in [6, 6.07) is 5.47. The molecule has 1 unspecified atom stereocenters. The first-order valence-electron chi connectivity index (χ1n) is 6.28. The maximum Gasteiger partial charge on any atom is 0.327 e. The molecule has 0 fully saturated rings. The third kappa shape index (κ3) is 2.61. The highest BCUT2D eigenvalue weighted by Gasteiger charge is 2.24. The number of aryl methyl sites for hydroxylation is 1. The molecule has 5 heteroatoms. The molecule has 0 N–H and O–H groups in total. The van der Waals surface area contributed by atoms with Crippen LogP contribution in [0.5, 0.6) is 0 Å². The van der Waals surface area contributed by atoms with E-state index >= 15 is 0 Å². The van der Waals surface area contributed by atoms with Crippen LogP contribution < -0.4 is 0 Å². The molecular formula is C14H19N3O2. The highest BCUT2D eigenvalue weighted by atomic mass is 16.5. The van der Waals surface area contributed by atoms with Crippen molar-refractivity contribution in [3.05, 3.63) is 30.1 Å². The molecule has 102 valence electrons. The van der Waals surface area contributed by atoms with Crippen molar-refractivity contribution < 1.29 is 9.53 Å². The number of aromatic nitrogens is 2. The van der Waals surface area contributed by atoms with Gasteiger partial charge in [0.2, 0.25) is 0 Å². The van der Waals surface area contributed by atoms with E-state index in [0.29, 0.717) is 6.61 Å². The van der Waals surface area contributed by atoms with Crippen molar-refractivity contribution in [3.8, 4) is 0 Å². The molecule has 0 amide bonds. The number of carbonyl (C=O) groups is 1. The number of hydrogen-bond donors (Lipinski definition) is 0. The Morgan fingerprint density at radius 3 is 2.84 bits per heavy atom. The molecule has 19 heavy (non-hydrogen) atoms. The standard InChI is InChI=1S/C14H19N3O2/c1-5-19-14(18)13(16(2)3)10-6-7-12-11(8-10)15-9-17(12)4/h6-9,13H,5H2,1-4H3. The van der Waals surface area contributed by atoms with Gasteiger partial charge >= 0.3 is 5.97 Å². The van der Waals surface area contributed by atoms with E-state index in [0.717, 1.165) is 16.6 Å². The summed E-state index contributed by atoms with van der Waals surface area (Å²) in [5, 5.41) is 0. The van der Waals surface area contributed by atoms with Gasteiger partial charge in [0.25, 0.3) is 0 Å². The molecule has 0 bridgehead atoms. The Morgan fingerprint density at radius 1 is 1.47 bits per heavy atom. The number of hydrogen-bond acceptors (Lipinski definition) is 4. The Hall–Kier alpha value is -1.88. The van der Waals surface area contributed by atoms with E-state index in [1.165, 1.54) is 0 Å². The lowest BCUT2D eigenvalue weighted by Crippen LogP contribution is -2.29. The SMILES string of the molecule is CCOC(=O)C(c1ccc2c(c1)ncn2C)N(C)C. The van der Waals surface area contributed by atoms with Crippen LogP contribution in [0, 0.1) is 0 Å². The van der Waals surface area contributed by atoms with Crippen molar-refractivity contribution in [2.24, 2.45) is 7.05 Å². The van der Waals surface area contributed by atoms with Gasteiger partial charge in [-0.25, -0.2) is 9.78 Å². The molecule has 0 saturated carbocycles. The summed E-state index contributed by atoms with van der Waals surface area (Å²) in [7, 11) is 5.68. The van der Waals surface area contributed by atoms with Crippen LogP contribution in [-0.4, -0.2) is 41.1 Å². The summed E-state index contributed by atoms with van der Waals surface area (Å²) in [6.07, 6.45) is 1.77. The lowest BCUT2D eigenvalue weighted by Gasteiger charge is -2.22. The molecule has 0 aliphatic carbocycles. The van der Waals surface area contributed by atoms with Gasteiger partial charge in [-0.1, -0.05) is 6.07 Å². The molecule has 0 saturated heterocycles. The Labute approximate surface area is 112 Å². The Balaban J connectivity index is 2.41. The van der Waals surface area contributed by atoms with Crippen molar-refractivity contribution >= 4 is 17.0 Å². The van der Waals surface area contributed by atoms with Crippen LogP contribution in [0.2, 0.25) is 0 Å². The molecule has 2 aromatic rings. The second-order valence-electron chi connectivity index (χ2n) is 4.72. The van der Waals surface area contributed by atoms with E-state index in [9.17, 15) is 4.79 Å². The summed E-state index contributed by atoms with van der Waals surface area (Å²) in [5.74, 6) is -0.234. The van der Waals surface area contributed by atoms with E-state index in [4.69, 9.17) is 4.74 Å². The van der Waals surface area contributed by atoms with Crippen LogP contribution in [0.25, 0.3) is 11.0 Å². The summed E-state index contributed by atoms with van der Waals surface area (Å²) in [6.45, 7) is 2.20. The number of likely N-dealkylation sites (N-methyl/N-ethyl adjacent to an activating group) is 1. The Kier molecular flexibility index (Phi) is 3.85. The van der Waals surface area contributed by atoms with Crippen LogP contribution in [-0.2, 0) is 16.6 Å². The minimum atomic E-state index is -0.397. The highest BCUT2D eigenvalue weighted by Crippen LogP contribution is 2.23. The number of imidazole rings is 1. The van der Waals surface area contributed by atoms with Crippen LogP contribution >= 0.6 is 0 Å². The maximum absolute atomic E-state index is 12.0. The number of ether oxygens (including phenoxy) is 1. The predicted molar refractivity (Wildman–Crippen MR) is 73.8 cm³/mol. The normalized spacial score (nSPS) is 12.9. The van der Waals surface area contributed by atoms with Gasteiger partial charge in [0.1, 0.15) is 6.04 Å². The molecule has 0 aliphatic rings. The first-order chi connectivity index (χ1) is 9.04. The zero-order valence-corrected chi connectivity index (χ0v) is 11.8. The fourth-order valence-corrected chi connectivity index (χ4v) is 2.19. The van der Waals surface area contributed by atoms with Crippen molar-refractivity contribution in [1.82, 2.24) is 14.5 Å². The van der Waals surface area contributed by atoms with Crippen molar-refractivity contribution in [2.45, 2.75) is 13.0 Å². The lowest BCUT2D eigenvalue weighted by atomic mass is 10.1. The summed E-state index contributed by atoms with van der Waals surface area (Å²) < 4.78 is 7.08. The van der Waals surface area contributed by atoms with Crippen molar-refractivity contribution in [1.29, 1.82) is 0 Å². The van der Waals surface area contributed by atoms with Gasteiger partial charge < -0.3 is 9.30 Å². The third-order valence-electron chi connectivity index (χ3n) is 3.09. The number of rotatable bonds is 4. The van der Waals surface area contributed by atoms with Gasteiger partial charge in [-0.15, -0.1) is 0 Å². The molecule has 0 spiro atoms. The molecule has 1 aromatic heterocycles. The fraction of sp³-hybridized carbons (Fsp3) is 0.429. The van der Waals surface area contributed by atoms with E-state index in [-0.39, 0.29) is 5.97 Å². The molecule has 1 heterocycles. The lowest BCUT2D eigenvalue weighted by molar-refractivity contribution is -0.148. The molecule has 5 nitrogen and oxygen atoms in total. The van der Waals surface area contributed by atoms with E-state index in [2.05, 4.69) is 4.98 Å². The van der Waals surface area contributed by atoms with E-state index in [1.807, 2.05) is 55.7 Å². The molecule has 0 aliphatic heterocycles. The number of carbonyl (C=O) groups excluding carboxylic acids is 1. The van der Waals surface area contributed by atoms with Gasteiger partial charge in [-0.3, -0.25) is 4.90 Å². The second kappa shape index (κ2) is 5.40. The van der Waals surface area contributed by atoms with Crippen molar-refractivity contribution in [3.63, 3.8) is 0 Å². The predicted octanol–water partition coefficient (Wildman–Crippen LogP) is 1.74. The second-order valence-corrected chi connectivity index (χ2v) is 4.72. The minimum Gasteiger partial charge on any atom is -0.465 e.